The van der Waals surface area contributed by atoms with E-state index in [-0.39, 0.29) is 10.4 Å². The maximum absolute atomic E-state index is 11.1. The van der Waals surface area contributed by atoms with Crippen LogP contribution in [-0.2, 0) is 0 Å². The summed E-state index contributed by atoms with van der Waals surface area (Å²) >= 11 is 1.79. The Bertz CT molecular complexity index is 504. The second-order valence-corrected chi connectivity index (χ2v) is 5.85. The van der Waals surface area contributed by atoms with Gasteiger partial charge in [-0.15, -0.1) is 0 Å². The number of nitro groups is 1. The molecule has 2 N–H and O–H groups in total. The number of anilines is 2. The van der Waals surface area contributed by atoms with E-state index in [0.717, 1.165) is 12.8 Å². The van der Waals surface area contributed by atoms with E-state index in [9.17, 15) is 10.1 Å². The second-order valence-electron chi connectivity index (χ2n) is 4.58. The van der Waals surface area contributed by atoms with Crippen LogP contribution < -0.4 is 10.6 Å². The number of aryl methyl sites for hydroxylation is 1. The highest BCUT2D eigenvalue weighted by Gasteiger charge is 2.42. The van der Waals surface area contributed by atoms with E-state index in [0.29, 0.717) is 24.0 Å². The number of hydrogen-bond acceptors (Lipinski definition) is 7. The van der Waals surface area contributed by atoms with Gasteiger partial charge in [-0.25, -0.2) is 4.98 Å². The predicted octanol–water partition coefficient (Wildman–Crippen LogP) is 2.04. The molecule has 1 aromatic rings. The van der Waals surface area contributed by atoms with Crippen LogP contribution in [0.1, 0.15) is 18.5 Å². The summed E-state index contributed by atoms with van der Waals surface area (Å²) in [4.78, 5) is 18.9. The Labute approximate surface area is 115 Å². The van der Waals surface area contributed by atoms with Gasteiger partial charge in [0.25, 0.3) is 0 Å². The highest BCUT2D eigenvalue weighted by atomic mass is 32.2. The second kappa shape index (κ2) is 5.20. The fraction of sp³-hybridized carbons (Fsp3) is 0.636. The highest BCUT2D eigenvalue weighted by molar-refractivity contribution is 8.00. The van der Waals surface area contributed by atoms with E-state index in [1.165, 1.54) is 0 Å². The lowest BCUT2D eigenvalue weighted by molar-refractivity contribution is -0.385. The van der Waals surface area contributed by atoms with Gasteiger partial charge in [-0.1, -0.05) is 0 Å². The molecule has 104 valence electrons. The molecule has 1 heterocycles. The van der Waals surface area contributed by atoms with E-state index >= 15 is 0 Å². The van der Waals surface area contributed by atoms with Gasteiger partial charge in [0, 0.05) is 18.3 Å². The molecular weight excluding hydrogens is 266 g/mol. The Kier molecular flexibility index (Phi) is 3.79. The van der Waals surface area contributed by atoms with E-state index in [1.54, 1.807) is 25.7 Å². The van der Waals surface area contributed by atoms with Crippen LogP contribution in [0.3, 0.4) is 0 Å². The van der Waals surface area contributed by atoms with E-state index in [2.05, 4.69) is 26.9 Å². The highest BCUT2D eigenvalue weighted by Crippen LogP contribution is 2.47. The lowest BCUT2D eigenvalue weighted by Crippen LogP contribution is -2.19. The molecule has 0 unspecified atom stereocenters. The SMILES string of the molecule is CNc1nc(C)c([N+](=O)[O-])c(NCC2(SC)CC2)n1. The number of aromatic nitrogens is 2. The topological polar surface area (TPSA) is 93.0 Å². The fourth-order valence-electron chi connectivity index (χ4n) is 1.86. The lowest BCUT2D eigenvalue weighted by atomic mass is 10.3. The van der Waals surface area contributed by atoms with Gasteiger partial charge in [-0.05, 0) is 26.0 Å². The first-order valence-corrected chi connectivity index (χ1v) is 7.23. The van der Waals surface area contributed by atoms with Crippen molar-refractivity contribution < 1.29 is 4.92 Å². The Hall–Kier alpha value is -1.57. The molecule has 2 rings (SSSR count). The number of thioether (sulfide) groups is 1. The van der Waals surface area contributed by atoms with Gasteiger partial charge < -0.3 is 10.6 Å². The standard InChI is InChI=1S/C11H17N5O2S/c1-7-8(16(17)18)9(15-10(12-2)14-7)13-6-11(19-3)4-5-11/h4-6H2,1-3H3,(H2,12,13,14,15). The normalized spacial score (nSPS) is 15.9. The molecule has 19 heavy (non-hydrogen) atoms. The van der Waals surface area contributed by atoms with Gasteiger partial charge in [0.2, 0.25) is 11.8 Å². The van der Waals surface area contributed by atoms with Crippen molar-refractivity contribution >= 4 is 29.2 Å². The summed E-state index contributed by atoms with van der Waals surface area (Å²) in [7, 11) is 1.69. The number of nitrogens with zero attached hydrogens (tertiary/aromatic N) is 3. The largest absolute Gasteiger partial charge is 0.363 e. The molecule has 8 heteroatoms. The molecule has 0 radical (unpaired) electrons. The third-order valence-corrected chi connectivity index (χ3v) is 4.70. The molecule has 1 fully saturated rings. The molecule has 1 aromatic heterocycles. The molecule has 0 aromatic carbocycles. The molecule has 0 saturated heterocycles. The van der Waals surface area contributed by atoms with E-state index in [4.69, 9.17) is 0 Å². The Morgan fingerprint density at radius 2 is 2.16 bits per heavy atom. The first kappa shape index (κ1) is 13.9. The number of rotatable bonds is 6. The minimum atomic E-state index is -0.435. The predicted molar refractivity (Wildman–Crippen MR) is 76.9 cm³/mol. The van der Waals surface area contributed by atoms with Gasteiger partial charge in [-0.2, -0.15) is 16.7 Å². The van der Waals surface area contributed by atoms with Crippen molar-refractivity contribution in [3.05, 3.63) is 15.8 Å². The number of nitrogens with one attached hydrogen (secondary N) is 2. The quantitative estimate of drug-likeness (QED) is 0.609. The van der Waals surface area contributed by atoms with Gasteiger partial charge in [0.15, 0.2) is 0 Å². The van der Waals surface area contributed by atoms with Crippen molar-refractivity contribution in [2.24, 2.45) is 0 Å². The Morgan fingerprint density at radius 1 is 1.47 bits per heavy atom. The van der Waals surface area contributed by atoms with Gasteiger partial charge in [-0.3, -0.25) is 10.1 Å². The van der Waals surface area contributed by atoms with Gasteiger partial charge in [0.05, 0.1) is 4.92 Å². The zero-order valence-electron chi connectivity index (χ0n) is 11.2. The lowest BCUT2D eigenvalue weighted by Gasteiger charge is -2.14. The van der Waals surface area contributed by atoms with Crippen LogP contribution in [0.4, 0.5) is 17.5 Å². The maximum atomic E-state index is 11.1. The smallest absolute Gasteiger partial charge is 0.332 e. The molecule has 1 aliphatic rings. The van der Waals surface area contributed by atoms with Crippen molar-refractivity contribution in [1.82, 2.24) is 9.97 Å². The van der Waals surface area contributed by atoms with Crippen molar-refractivity contribution in [2.45, 2.75) is 24.5 Å². The minimum absolute atomic E-state index is 0.0455. The van der Waals surface area contributed by atoms with Crippen molar-refractivity contribution in [1.29, 1.82) is 0 Å². The van der Waals surface area contributed by atoms with E-state index in [1.807, 2.05) is 0 Å². The maximum Gasteiger partial charge on any atom is 0.332 e. The summed E-state index contributed by atoms with van der Waals surface area (Å²) in [5.41, 5.74) is 0.316. The molecule has 7 nitrogen and oxygen atoms in total. The molecule has 0 spiro atoms. The Balaban J connectivity index is 2.26. The molecule has 1 saturated carbocycles. The minimum Gasteiger partial charge on any atom is -0.363 e. The first-order chi connectivity index (χ1) is 9.01. The zero-order valence-corrected chi connectivity index (χ0v) is 12.0. The van der Waals surface area contributed by atoms with Crippen LogP contribution in [0.25, 0.3) is 0 Å². The fourth-order valence-corrected chi connectivity index (χ4v) is 2.58. The average molecular weight is 283 g/mol. The summed E-state index contributed by atoms with van der Waals surface area (Å²) in [6, 6.07) is 0. The van der Waals surface area contributed by atoms with Crippen LogP contribution in [0, 0.1) is 17.0 Å². The molecule has 0 atom stereocenters. The van der Waals surface area contributed by atoms with Gasteiger partial charge in [0.1, 0.15) is 5.69 Å². The summed E-state index contributed by atoms with van der Waals surface area (Å²) in [5, 5.41) is 17.0. The Morgan fingerprint density at radius 3 is 2.63 bits per heavy atom. The molecule has 1 aliphatic carbocycles. The summed E-state index contributed by atoms with van der Waals surface area (Å²) < 4.78 is 0.215. The molecule has 0 bridgehead atoms. The molecular formula is C11H17N5O2S. The van der Waals surface area contributed by atoms with Crippen LogP contribution in [0.5, 0.6) is 0 Å². The van der Waals surface area contributed by atoms with Crippen LogP contribution >= 0.6 is 11.8 Å². The molecule has 0 aliphatic heterocycles. The average Bonchev–Trinajstić information content (AvgIpc) is 3.15. The molecule has 0 amide bonds. The van der Waals surface area contributed by atoms with Crippen LogP contribution in [-0.4, -0.2) is 39.5 Å². The van der Waals surface area contributed by atoms with Crippen LogP contribution in [0.2, 0.25) is 0 Å². The van der Waals surface area contributed by atoms with Crippen LogP contribution in [0.15, 0.2) is 0 Å². The number of hydrogen-bond donors (Lipinski definition) is 2. The summed E-state index contributed by atoms with van der Waals surface area (Å²) in [5.74, 6) is 0.682. The third kappa shape index (κ3) is 2.89. The monoisotopic (exact) mass is 283 g/mol. The first-order valence-electron chi connectivity index (χ1n) is 6.01. The zero-order chi connectivity index (χ0) is 14.0. The van der Waals surface area contributed by atoms with Crippen molar-refractivity contribution in [2.75, 3.05) is 30.5 Å². The van der Waals surface area contributed by atoms with Crippen molar-refractivity contribution in [3.8, 4) is 0 Å². The third-order valence-electron chi connectivity index (χ3n) is 3.28. The van der Waals surface area contributed by atoms with Gasteiger partial charge >= 0.3 is 5.69 Å². The van der Waals surface area contributed by atoms with E-state index < -0.39 is 4.92 Å². The summed E-state index contributed by atoms with van der Waals surface area (Å²) in [6.07, 6.45) is 4.34. The summed E-state index contributed by atoms with van der Waals surface area (Å²) in [6.45, 7) is 2.31. The van der Waals surface area contributed by atoms with Crippen molar-refractivity contribution in [3.63, 3.8) is 0 Å².